The summed E-state index contributed by atoms with van der Waals surface area (Å²) in [5.41, 5.74) is 1.66. The van der Waals surface area contributed by atoms with E-state index in [9.17, 15) is 18.0 Å². The summed E-state index contributed by atoms with van der Waals surface area (Å²) in [4.78, 5) is 20.4. The molecule has 3 aromatic rings. The molecule has 0 aliphatic rings. The number of ether oxygens (including phenoxy) is 2. The topological polar surface area (TPSA) is 73.3 Å². The molecule has 1 atom stereocenters. The number of pyridine rings is 2. The van der Waals surface area contributed by atoms with Crippen LogP contribution < -0.4 is 14.8 Å². The summed E-state index contributed by atoms with van der Waals surface area (Å²) >= 11 is 5.91. The van der Waals surface area contributed by atoms with Gasteiger partial charge in [-0.1, -0.05) is 29.8 Å². The van der Waals surface area contributed by atoms with Crippen molar-refractivity contribution in [3.05, 3.63) is 82.8 Å². The highest BCUT2D eigenvalue weighted by Gasteiger charge is 2.29. The van der Waals surface area contributed by atoms with Crippen molar-refractivity contribution >= 4 is 17.5 Å². The van der Waals surface area contributed by atoms with Crippen LogP contribution in [0.25, 0.3) is 0 Å². The van der Waals surface area contributed by atoms with Gasteiger partial charge < -0.3 is 14.8 Å². The van der Waals surface area contributed by atoms with Gasteiger partial charge in [-0.25, -0.2) is 4.98 Å². The van der Waals surface area contributed by atoms with Crippen molar-refractivity contribution in [3.63, 3.8) is 0 Å². The van der Waals surface area contributed by atoms with Gasteiger partial charge in [-0.05, 0) is 42.8 Å². The lowest BCUT2D eigenvalue weighted by Crippen LogP contribution is -2.27. The van der Waals surface area contributed by atoms with Gasteiger partial charge in [0, 0.05) is 12.4 Å². The van der Waals surface area contributed by atoms with Gasteiger partial charge in [0.2, 0.25) is 5.88 Å². The molecular weight excluding hydrogens is 447 g/mol. The average molecular weight is 466 g/mol. The number of nitrogens with one attached hydrogen (secondary N) is 1. The zero-order valence-electron chi connectivity index (χ0n) is 16.9. The summed E-state index contributed by atoms with van der Waals surface area (Å²) in [6, 6.07) is 13.6. The van der Waals surface area contributed by atoms with Crippen molar-refractivity contribution in [3.8, 4) is 11.6 Å². The lowest BCUT2D eigenvalue weighted by molar-refractivity contribution is -0.154. The van der Waals surface area contributed by atoms with Crippen LogP contribution >= 0.6 is 11.6 Å². The fraction of sp³-hybridized carbons (Fsp3) is 0.227. The number of amides is 1. The Morgan fingerprint density at radius 3 is 2.62 bits per heavy atom. The molecule has 0 fully saturated rings. The number of halogens is 4. The summed E-state index contributed by atoms with van der Waals surface area (Å²) < 4.78 is 47.1. The Hall–Kier alpha value is -3.33. The Balaban J connectivity index is 1.61. The van der Waals surface area contributed by atoms with Crippen LogP contribution in [0.3, 0.4) is 0 Å². The number of rotatable bonds is 8. The van der Waals surface area contributed by atoms with Crippen LogP contribution in [0.2, 0.25) is 5.02 Å². The second kappa shape index (κ2) is 10.3. The van der Waals surface area contributed by atoms with E-state index in [2.05, 4.69) is 20.0 Å². The van der Waals surface area contributed by atoms with Crippen LogP contribution in [-0.4, -0.2) is 28.7 Å². The smallest absolute Gasteiger partial charge is 0.422 e. The molecule has 2 aromatic heterocycles. The van der Waals surface area contributed by atoms with E-state index in [0.717, 1.165) is 17.5 Å². The maximum absolute atomic E-state index is 12.5. The molecule has 0 aliphatic carbocycles. The monoisotopic (exact) mass is 465 g/mol. The number of hydrogen-bond donors (Lipinski definition) is 1. The average Bonchev–Trinajstić information content (AvgIpc) is 2.77. The number of carbonyl (C=O) groups is 1. The van der Waals surface area contributed by atoms with Crippen LogP contribution in [-0.2, 0) is 6.61 Å². The highest BCUT2D eigenvalue weighted by atomic mass is 35.5. The Bertz CT molecular complexity index is 1070. The van der Waals surface area contributed by atoms with Crippen LogP contribution in [0.4, 0.5) is 13.2 Å². The zero-order chi connectivity index (χ0) is 23.1. The Labute approximate surface area is 187 Å². The van der Waals surface area contributed by atoms with Crippen molar-refractivity contribution in [2.45, 2.75) is 25.7 Å². The molecule has 0 bridgehead atoms. The maximum Gasteiger partial charge on any atom is 0.422 e. The zero-order valence-corrected chi connectivity index (χ0v) is 17.7. The van der Waals surface area contributed by atoms with Crippen molar-refractivity contribution < 1.29 is 27.4 Å². The lowest BCUT2D eigenvalue weighted by Gasteiger charge is -2.16. The minimum atomic E-state index is -4.52. The van der Waals surface area contributed by atoms with E-state index in [1.54, 1.807) is 31.3 Å². The quantitative estimate of drug-likeness (QED) is 0.498. The third kappa shape index (κ3) is 6.84. The van der Waals surface area contributed by atoms with Crippen LogP contribution in [0.1, 0.15) is 34.6 Å². The van der Waals surface area contributed by atoms with E-state index in [4.69, 9.17) is 16.3 Å². The summed E-state index contributed by atoms with van der Waals surface area (Å²) in [5.74, 6) is -0.273. The predicted molar refractivity (Wildman–Crippen MR) is 112 cm³/mol. The van der Waals surface area contributed by atoms with Gasteiger partial charge in [-0.15, -0.1) is 0 Å². The van der Waals surface area contributed by atoms with Crippen LogP contribution in [0.5, 0.6) is 11.6 Å². The van der Waals surface area contributed by atoms with Gasteiger partial charge >= 0.3 is 6.18 Å². The molecule has 1 amide bonds. The molecule has 0 saturated carbocycles. The standard InChI is InChI=1S/C22H19ClF3N3O3/c1-14(15-5-4-7-18(9-15)31-12-17-6-2-3-8-27-17)29-20(30)16-10-19(23)21(28-11-16)32-13-22(24,25)26/h2-11,14H,12-13H2,1H3,(H,29,30). The highest BCUT2D eigenvalue weighted by molar-refractivity contribution is 6.32. The third-order valence-corrected chi connectivity index (χ3v) is 4.53. The van der Waals surface area contributed by atoms with E-state index in [1.807, 2.05) is 24.3 Å². The van der Waals surface area contributed by atoms with Crippen molar-refractivity contribution in [2.24, 2.45) is 0 Å². The Kier molecular flexibility index (Phi) is 7.53. The molecule has 168 valence electrons. The van der Waals surface area contributed by atoms with Crippen molar-refractivity contribution in [1.82, 2.24) is 15.3 Å². The minimum Gasteiger partial charge on any atom is -0.487 e. The van der Waals surface area contributed by atoms with E-state index in [0.29, 0.717) is 12.4 Å². The Morgan fingerprint density at radius 1 is 1.12 bits per heavy atom. The number of nitrogens with zero attached hydrogens (tertiary/aromatic N) is 2. The number of aromatic nitrogens is 2. The molecule has 2 heterocycles. The summed E-state index contributed by atoms with van der Waals surface area (Å²) in [7, 11) is 0. The maximum atomic E-state index is 12.5. The van der Waals surface area contributed by atoms with E-state index >= 15 is 0 Å². The number of carbonyl (C=O) groups excluding carboxylic acids is 1. The SMILES string of the molecule is CC(NC(=O)c1cnc(OCC(F)(F)F)c(Cl)c1)c1cccc(OCc2ccccn2)c1. The van der Waals surface area contributed by atoms with Gasteiger partial charge in [0.15, 0.2) is 6.61 Å². The largest absolute Gasteiger partial charge is 0.487 e. The molecule has 6 nitrogen and oxygen atoms in total. The molecular formula is C22H19ClF3N3O3. The molecule has 3 rings (SSSR count). The van der Waals surface area contributed by atoms with Crippen molar-refractivity contribution in [1.29, 1.82) is 0 Å². The van der Waals surface area contributed by atoms with Gasteiger partial charge in [0.25, 0.3) is 5.91 Å². The van der Waals surface area contributed by atoms with Crippen LogP contribution in [0.15, 0.2) is 60.9 Å². The fourth-order valence-corrected chi connectivity index (χ4v) is 2.90. The lowest BCUT2D eigenvalue weighted by atomic mass is 10.1. The number of benzene rings is 1. The van der Waals surface area contributed by atoms with Gasteiger partial charge in [-0.3, -0.25) is 9.78 Å². The molecule has 1 unspecified atom stereocenters. The summed E-state index contributed by atoms with van der Waals surface area (Å²) in [5, 5.41) is 2.60. The minimum absolute atomic E-state index is 0.0868. The number of alkyl halides is 3. The first kappa shape index (κ1) is 23.3. The normalized spacial score (nSPS) is 12.2. The molecule has 0 radical (unpaired) electrons. The van der Waals surface area contributed by atoms with Crippen LogP contribution in [0, 0.1) is 0 Å². The first-order valence-corrected chi connectivity index (χ1v) is 9.88. The Morgan fingerprint density at radius 2 is 1.94 bits per heavy atom. The first-order valence-electron chi connectivity index (χ1n) is 9.50. The molecule has 0 saturated heterocycles. The molecule has 0 spiro atoms. The molecule has 0 aliphatic heterocycles. The molecule has 10 heteroatoms. The predicted octanol–water partition coefficient (Wildman–Crippen LogP) is 5.14. The van der Waals surface area contributed by atoms with E-state index < -0.39 is 24.6 Å². The molecule has 1 aromatic carbocycles. The third-order valence-electron chi connectivity index (χ3n) is 4.26. The summed E-state index contributed by atoms with van der Waals surface area (Å²) in [6.45, 7) is 0.560. The van der Waals surface area contributed by atoms with E-state index in [1.165, 1.54) is 6.07 Å². The molecule has 32 heavy (non-hydrogen) atoms. The van der Waals surface area contributed by atoms with Gasteiger partial charge in [-0.2, -0.15) is 13.2 Å². The fourth-order valence-electron chi connectivity index (χ4n) is 2.68. The van der Waals surface area contributed by atoms with Gasteiger partial charge in [0.05, 0.1) is 17.3 Å². The highest BCUT2D eigenvalue weighted by Crippen LogP contribution is 2.26. The second-order valence-corrected chi connectivity index (χ2v) is 7.20. The van der Waals surface area contributed by atoms with Crippen molar-refractivity contribution in [2.75, 3.05) is 6.61 Å². The summed E-state index contributed by atoms with van der Waals surface area (Å²) in [6.07, 6.45) is -1.73. The number of hydrogen-bond acceptors (Lipinski definition) is 5. The first-order chi connectivity index (χ1) is 15.2. The van der Waals surface area contributed by atoms with Gasteiger partial charge in [0.1, 0.15) is 17.4 Å². The molecule has 1 N–H and O–H groups in total. The van der Waals surface area contributed by atoms with E-state index in [-0.39, 0.29) is 16.6 Å². The second-order valence-electron chi connectivity index (χ2n) is 6.79.